The average Bonchev–Trinajstić information content (AvgIpc) is 2.31. The summed E-state index contributed by atoms with van der Waals surface area (Å²) in [6.45, 7) is 0.893. The van der Waals surface area contributed by atoms with Crippen molar-refractivity contribution in [3.63, 3.8) is 0 Å². The molecule has 0 spiro atoms. The maximum atomic E-state index is 6.11. The van der Waals surface area contributed by atoms with Gasteiger partial charge in [-0.2, -0.15) is 0 Å². The third kappa shape index (κ3) is 3.01. The quantitative estimate of drug-likeness (QED) is 0.823. The van der Waals surface area contributed by atoms with E-state index in [9.17, 15) is 0 Å². The summed E-state index contributed by atoms with van der Waals surface area (Å²) < 4.78 is 5.67. The Morgan fingerprint density at radius 3 is 3.13 bits per heavy atom. The second-order valence-electron chi connectivity index (χ2n) is 4.12. The summed E-state index contributed by atoms with van der Waals surface area (Å²) >= 11 is 0. The van der Waals surface area contributed by atoms with E-state index in [-0.39, 0.29) is 6.04 Å². The van der Waals surface area contributed by atoms with Crippen molar-refractivity contribution in [3.8, 4) is 0 Å². The lowest BCUT2D eigenvalue weighted by Crippen LogP contribution is -2.24. The van der Waals surface area contributed by atoms with Crippen molar-refractivity contribution in [2.75, 3.05) is 6.61 Å². The van der Waals surface area contributed by atoms with Gasteiger partial charge in [0, 0.05) is 25.0 Å². The van der Waals surface area contributed by atoms with E-state index in [1.807, 2.05) is 18.3 Å². The maximum Gasteiger partial charge on any atom is 0.0593 e. The molecule has 1 saturated heterocycles. The standard InChI is InChI=1S/C12H18N2O/c13-12(10-4-3-6-14-9-10)8-11-5-1-2-7-15-11/h3-4,6,9,11-12H,1-2,5,7-8,13H2. The van der Waals surface area contributed by atoms with Gasteiger partial charge in [-0.3, -0.25) is 4.98 Å². The molecule has 0 bridgehead atoms. The number of nitrogens with two attached hydrogens (primary N) is 1. The molecule has 3 nitrogen and oxygen atoms in total. The number of ether oxygens (including phenoxy) is 1. The number of aromatic nitrogens is 1. The van der Waals surface area contributed by atoms with Crippen LogP contribution in [0.1, 0.15) is 37.3 Å². The van der Waals surface area contributed by atoms with Crippen molar-refractivity contribution in [3.05, 3.63) is 30.1 Å². The zero-order valence-corrected chi connectivity index (χ0v) is 8.93. The molecule has 82 valence electrons. The number of hydrogen-bond donors (Lipinski definition) is 1. The number of hydrogen-bond acceptors (Lipinski definition) is 3. The van der Waals surface area contributed by atoms with Crippen molar-refractivity contribution in [1.82, 2.24) is 4.98 Å². The van der Waals surface area contributed by atoms with Crippen LogP contribution in [0.4, 0.5) is 0 Å². The predicted octanol–water partition coefficient (Wildman–Crippen LogP) is 2.04. The molecule has 2 unspecified atom stereocenters. The van der Waals surface area contributed by atoms with Crippen LogP contribution in [0.3, 0.4) is 0 Å². The molecule has 1 fully saturated rings. The highest BCUT2D eigenvalue weighted by atomic mass is 16.5. The zero-order valence-electron chi connectivity index (χ0n) is 8.93. The Labute approximate surface area is 90.7 Å². The van der Waals surface area contributed by atoms with Gasteiger partial charge in [-0.25, -0.2) is 0 Å². The Morgan fingerprint density at radius 2 is 2.47 bits per heavy atom. The highest BCUT2D eigenvalue weighted by molar-refractivity contribution is 5.13. The van der Waals surface area contributed by atoms with Gasteiger partial charge in [-0.05, 0) is 37.3 Å². The van der Waals surface area contributed by atoms with E-state index in [4.69, 9.17) is 10.5 Å². The molecule has 0 aliphatic carbocycles. The monoisotopic (exact) mass is 206 g/mol. The fourth-order valence-electron chi connectivity index (χ4n) is 2.01. The summed E-state index contributed by atoms with van der Waals surface area (Å²) in [7, 11) is 0. The molecule has 2 heterocycles. The largest absolute Gasteiger partial charge is 0.378 e. The first-order valence-electron chi connectivity index (χ1n) is 5.63. The normalized spacial score (nSPS) is 23.7. The summed E-state index contributed by atoms with van der Waals surface area (Å²) in [5.41, 5.74) is 7.21. The Morgan fingerprint density at radius 1 is 1.53 bits per heavy atom. The van der Waals surface area contributed by atoms with Crippen LogP contribution in [0.15, 0.2) is 24.5 Å². The lowest BCUT2D eigenvalue weighted by molar-refractivity contribution is 0.00728. The first-order chi connectivity index (χ1) is 7.36. The van der Waals surface area contributed by atoms with Gasteiger partial charge in [0.1, 0.15) is 0 Å². The number of rotatable bonds is 3. The lowest BCUT2D eigenvalue weighted by atomic mass is 9.98. The summed E-state index contributed by atoms with van der Waals surface area (Å²) in [4.78, 5) is 4.08. The van der Waals surface area contributed by atoms with E-state index in [0.29, 0.717) is 6.10 Å². The van der Waals surface area contributed by atoms with Crippen LogP contribution in [0.2, 0.25) is 0 Å². The van der Waals surface area contributed by atoms with Crippen LogP contribution in [0.5, 0.6) is 0 Å². The second kappa shape index (κ2) is 5.24. The van der Waals surface area contributed by atoms with E-state index in [0.717, 1.165) is 25.0 Å². The Kier molecular flexibility index (Phi) is 3.69. The minimum Gasteiger partial charge on any atom is -0.378 e. The van der Waals surface area contributed by atoms with Gasteiger partial charge in [0.25, 0.3) is 0 Å². The highest BCUT2D eigenvalue weighted by Crippen LogP contribution is 2.22. The van der Waals surface area contributed by atoms with E-state index >= 15 is 0 Å². The third-order valence-electron chi connectivity index (χ3n) is 2.90. The van der Waals surface area contributed by atoms with Crippen LogP contribution in [-0.2, 0) is 4.74 Å². The average molecular weight is 206 g/mol. The Balaban J connectivity index is 1.88. The molecule has 2 rings (SSSR count). The molecule has 0 saturated carbocycles. The van der Waals surface area contributed by atoms with Crippen molar-refractivity contribution in [1.29, 1.82) is 0 Å². The fraction of sp³-hybridized carbons (Fsp3) is 0.583. The molecule has 1 aromatic rings. The molecule has 0 aromatic carbocycles. The summed E-state index contributed by atoms with van der Waals surface area (Å²) in [5, 5.41) is 0. The zero-order chi connectivity index (χ0) is 10.5. The van der Waals surface area contributed by atoms with Crippen LogP contribution in [0, 0.1) is 0 Å². The van der Waals surface area contributed by atoms with E-state index in [1.54, 1.807) is 6.20 Å². The van der Waals surface area contributed by atoms with Crippen LogP contribution >= 0.6 is 0 Å². The molecular formula is C12H18N2O. The number of pyridine rings is 1. The van der Waals surface area contributed by atoms with E-state index in [1.165, 1.54) is 12.8 Å². The van der Waals surface area contributed by atoms with Crippen LogP contribution in [0.25, 0.3) is 0 Å². The van der Waals surface area contributed by atoms with E-state index < -0.39 is 0 Å². The minimum absolute atomic E-state index is 0.0572. The van der Waals surface area contributed by atoms with Gasteiger partial charge in [0.15, 0.2) is 0 Å². The summed E-state index contributed by atoms with van der Waals surface area (Å²) in [6, 6.07) is 4.01. The second-order valence-corrected chi connectivity index (χ2v) is 4.12. The van der Waals surface area contributed by atoms with Crippen LogP contribution < -0.4 is 5.73 Å². The number of nitrogens with zero attached hydrogens (tertiary/aromatic N) is 1. The van der Waals surface area contributed by atoms with Crippen molar-refractivity contribution in [2.45, 2.75) is 37.8 Å². The van der Waals surface area contributed by atoms with Gasteiger partial charge >= 0.3 is 0 Å². The van der Waals surface area contributed by atoms with Gasteiger partial charge in [-0.1, -0.05) is 6.07 Å². The predicted molar refractivity (Wildman–Crippen MR) is 59.4 cm³/mol. The molecule has 1 aliphatic heterocycles. The SMILES string of the molecule is NC(CC1CCCCO1)c1cccnc1. The molecular weight excluding hydrogens is 188 g/mol. The van der Waals surface area contributed by atoms with Gasteiger partial charge in [0.2, 0.25) is 0 Å². The lowest BCUT2D eigenvalue weighted by Gasteiger charge is -2.25. The molecule has 2 atom stereocenters. The first-order valence-corrected chi connectivity index (χ1v) is 5.63. The topological polar surface area (TPSA) is 48.1 Å². The third-order valence-corrected chi connectivity index (χ3v) is 2.90. The molecule has 1 aliphatic rings. The smallest absolute Gasteiger partial charge is 0.0593 e. The van der Waals surface area contributed by atoms with Gasteiger partial charge in [0.05, 0.1) is 6.10 Å². The van der Waals surface area contributed by atoms with Crippen molar-refractivity contribution in [2.24, 2.45) is 5.73 Å². The molecule has 3 heteroatoms. The van der Waals surface area contributed by atoms with E-state index in [2.05, 4.69) is 4.98 Å². The highest BCUT2D eigenvalue weighted by Gasteiger charge is 2.18. The first kappa shape index (κ1) is 10.6. The summed E-state index contributed by atoms with van der Waals surface area (Å²) in [5.74, 6) is 0. The molecule has 0 radical (unpaired) electrons. The Bertz CT molecular complexity index is 283. The molecule has 0 amide bonds. The molecule has 15 heavy (non-hydrogen) atoms. The van der Waals surface area contributed by atoms with Crippen LogP contribution in [-0.4, -0.2) is 17.7 Å². The van der Waals surface area contributed by atoms with Gasteiger partial charge in [-0.15, -0.1) is 0 Å². The fourth-order valence-corrected chi connectivity index (χ4v) is 2.01. The van der Waals surface area contributed by atoms with Gasteiger partial charge < -0.3 is 10.5 Å². The minimum atomic E-state index is 0.0572. The van der Waals surface area contributed by atoms with Crippen molar-refractivity contribution >= 4 is 0 Å². The Hall–Kier alpha value is -0.930. The summed E-state index contributed by atoms with van der Waals surface area (Å²) in [6.07, 6.45) is 8.47. The van der Waals surface area contributed by atoms with Crippen molar-refractivity contribution < 1.29 is 4.74 Å². The molecule has 2 N–H and O–H groups in total. The molecule has 1 aromatic heterocycles. The maximum absolute atomic E-state index is 6.11.